The lowest BCUT2D eigenvalue weighted by Crippen LogP contribution is -2.57. The standard InChI is InChI=1S/C26H32ClF3N4O2/c1-17-18(2)23(36-13-4-3-10-27)9-8-21(17)22-7-5-6-20-16-33(11-12-34(20)22)24(35)19-14-31-25(32-15-19)26(28,29)30/h8-9,14-15,20,22H,3-7,10-13,16H2,1-2H3/t20-,22+/m0/s1. The number of piperidine rings is 1. The van der Waals surface area contributed by atoms with Gasteiger partial charge in [0.2, 0.25) is 5.82 Å². The smallest absolute Gasteiger partial charge is 0.451 e. The van der Waals surface area contributed by atoms with Gasteiger partial charge in [-0.2, -0.15) is 13.2 Å². The van der Waals surface area contributed by atoms with Crippen LogP contribution in [0.25, 0.3) is 0 Å². The molecule has 2 fully saturated rings. The number of hydrogen-bond acceptors (Lipinski definition) is 5. The minimum absolute atomic E-state index is 0.0805. The van der Waals surface area contributed by atoms with E-state index in [4.69, 9.17) is 16.3 Å². The summed E-state index contributed by atoms with van der Waals surface area (Å²) >= 11 is 5.76. The van der Waals surface area contributed by atoms with E-state index in [0.29, 0.717) is 32.1 Å². The number of hydrogen-bond donors (Lipinski definition) is 0. The van der Waals surface area contributed by atoms with Crippen LogP contribution in [0.2, 0.25) is 0 Å². The second kappa shape index (κ2) is 11.3. The van der Waals surface area contributed by atoms with Crippen molar-refractivity contribution in [2.24, 2.45) is 0 Å². The predicted octanol–water partition coefficient (Wildman–Crippen LogP) is 5.56. The SMILES string of the molecule is Cc1c(OCCCCCl)ccc([C@H]2CCC[C@H]3CN(C(=O)c4cnc(C(F)(F)F)nc4)CCN32)c1C. The largest absolute Gasteiger partial charge is 0.493 e. The fraction of sp³-hybridized carbons (Fsp3) is 0.577. The first-order valence-electron chi connectivity index (χ1n) is 12.4. The molecule has 0 saturated carbocycles. The molecule has 4 rings (SSSR count). The van der Waals surface area contributed by atoms with E-state index in [9.17, 15) is 18.0 Å². The number of benzene rings is 1. The maximum absolute atomic E-state index is 13.0. The number of halogens is 4. The molecule has 0 N–H and O–H groups in total. The minimum Gasteiger partial charge on any atom is -0.493 e. The molecule has 6 nitrogen and oxygen atoms in total. The zero-order chi connectivity index (χ0) is 25.9. The summed E-state index contributed by atoms with van der Waals surface area (Å²) in [5.74, 6) is -0.0166. The summed E-state index contributed by atoms with van der Waals surface area (Å²) in [6.07, 6.45) is 2.25. The first-order chi connectivity index (χ1) is 17.2. The van der Waals surface area contributed by atoms with Gasteiger partial charge in [-0.15, -0.1) is 11.6 Å². The Morgan fingerprint density at radius 1 is 1.11 bits per heavy atom. The quantitative estimate of drug-likeness (QED) is 0.350. The lowest BCUT2D eigenvalue weighted by atomic mass is 9.86. The van der Waals surface area contributed by atoms with Gasteiger partial charge in [-0.3, -0.25) is 9.69 Å². The Hall–Kier alpha value is -2.39. The number of aromatic nitrogens is 2. The third kappa shape index (κ3) is 5.78. The number of nitrogens with zero attached hydrogens (tertiary/aromatic N) is 4. The Balaban J connectivity index is 1.44. The molecule has 1 aromatic heterocycles. The van der Waals surface area contributed by atoms with Gasteiger partial charge < -0.3 is 9.64 Å². The van der Waals surface area contributed by atoms with E-state index in [2.05, 4.69) is 40.8 Å². The highest BCUT2D eigenvalue weighted by Crippen LogP contribution is 2.39. The number of rotatable bonds is 7. The van der Waals surface area contributed by atoms with Crippen molar-refractivity contribution in [2.75, 3.05) is 32.1 Å². The Bertz CT molecular complexity index is 1060. The number of unbranched alkanes of at least 4 members (excludes halogenated alkanes) is 1. The van der Waals surface area contributed by atoms with Gasteiger partial charge in [0.25, 0.3) is 5.91 Å². The molecule has 1 amide bonds. The molecule has 196 valence electrons. The monoisotopic (exact) mass is 524 g/mol. The van der Waals surface area contributed by atoms with Crippen molar-refractivity contribution in [3.63, 3.8) is 0 Å². The van der Waals surface area contributed by atoms with Crippen LogP contribution in [0.1, 0.15) is 71.0 Å². The molecule has 2 atom stereocenters. The van der Waals surface area contributed by atoms with Crippen molar-refractivity contribution in [3.8, 4) is 5.75 Å². The molecular formula is C26H32ClF3N4O2. The summed E-state index contributed by atoms with van der Waals surface area (Å²) in [6.45, 7) is 6.64. The Kier molecular flexibility index (Phi) is 8.40. The van der Waals surface area contributed by atoms with Crippen molar-refractivity contribution in [1.82, 2.24) is 19.8 Å². The first-order valence-corrected chi connectivity index (χ1v) is 13.0. The summed E-state index contributed by atoms with van der Waals surface area (Å²) in [6, 6.07) is 4.69. The topological polar surface area (TPSA) is 58.6 Å². The van der Waals surface area contributed by atoms with Crippen LogP contribution in [-0.2, 0) is 6.18 Å². The number of piperazine rings is 1. The number of ether oxygens (including phenoxy) is 1. The fourth-order valence-electron chi connectivity index (χ4n) is 5.25. The fourth-order valence-corrected chi connectivity index (χ4v) is 5.44. The van der Waals surface area contributed by atoms with Crippen molar-refractivity contribution >= 4 is 17.5 Å². The highest BCUT2D eigenvalue weighted by Gasteiger charge is 2.38. The second-order valence-corrected chi connectivity index (χ2v) is 9.91. The van der Waals surface area contributed by atoms with Gasteiger partial charge in [0.15, 0.2) is 0 Å². The molecule has 0 radical (unpaired) electrons. The zero-order valence-corrected chi connectivity index (χ0v) is 21.4. The number of carbonyl (C=O) groups is 1. The molecule has 10 heteroatoms. The summed E-state index contributed by atoms with van der Waals surface area (Å²) in [4.78, 5) is 23.9. The molecule has 0 unspecified atom stereocenters. The molecule has 2 saturated heterocycles. The summed E-state index contributed by atoms with van der Waals surface area (Å²) in [5.41, 5.74) is 3.76. The van der Waals surface area contributed by atoms with Crippen molar-refractivity contribution in [1.29, 1.82) is 0 Å². The summed E-state index contributed by atoms with van der Waals surface area (Å²) < 4.78 is 44.3. The van der Waals surface area contributed by atoms with Crippen LogP contribution >= 0.6 is 11.6 Å². The van der Waals surface area contributed by atoms with Gasteiger partial charge in [0.1, 0.15) is 5.75 Å². The average Bonchev–Trinajstić information content (AvgIpc) is 2.87. The number of fused-ring (bicyclic) bond motifs is 1. The van der Waals surface area contributed by atoms with E-state index in [1.807, 2.05) is 0 Å². The third-order valence-electron chi connectivity index (χ3n) is 7.31. The summed E-state index contributed by atoms with van der Waals surface area (Å²) in [5, 5.41) is 0. The van der Waals surface area contributed by atoms with Crippen LogP contribution in [-0.4, -0.2) is 63.8 Å². The first kappa shape index (κ1) is 26.7. The van der Waals surface area contributed by atoms with Gasteiger partial charge in [-0.1, -0.05) is 6.07 Å². The third-order valence-corrected chi connectivity index (χ3v) is 7.57. The maximum atomic E-state index is 13.0. The lowest BCUT2D eigenvalue weighted by molar-refractivity contribution is -0.145. The van der Waals surface area contributed by atoms with Crippen LogP contribution in [0, 0.1) is 13.8 Å². The number of alkyl halides is 4. The highest BCUT2D eigenvalue weighted by molar-refractivity contribution is 6.17. The maximum Gasteiger partial charge on any atom is 0.451 e. The predicted molar refractivity (Wildman–Crippen MR) is 131 cm³/mol. The molecule has 36 heavy (non-hydrogen) atoms. The van der Waals surface area contributed by atoms with Crippen LogP contribution in [0.3, 0.4) is 0 Å². The highest BCUT2D eigenvalue weighted by atomic mass is 35.5. The van der Waals surface area contributed by atoms with E-state index >= 15 is 0 Å². The molecule has 2 aliphatic rings. The molecule has 1 aromatic carbocycles. The Morgan fingerprint density at radius 3 is 2.56 bits per heavy atom. The van der Waals surface area contributed by atoms with E-state index in [0.717, 1.165) is 55.8 Å². The van der Waals surface area contributed by atoms with Gasteiger partial charge in [0, 0.05) is 50.0 Å². The van der Waals surface area contributed by atoms with Gasteiger partial charge in [-0.05, 0) is 68.7 Å². The molecule has 3 heterocycles. The van der Waals surface area contributed by atoms with Crippen LogP contribution < -0.4 is 4.74 Å². The van der Waals surface area contributed by atoms with Crippen LogP contribution in [0.4, 0.5) is 13.2 Å². The molecule has 0 aliphatic carbocycles. The zero-order valence-electron chi connectivity index (χ0n) is 20.7. The Morgan fingerprint density at radius 2 is 1.86 bits per heavy atom. The van der Waals surface area contributed by atoms with E-state index < -0.39 is 12.0 Å². The Labute approximate surface area is 214 Å². The van der Waals surface area contributed by atoms with Gasteiger partial charge in [0.05, 0.1) is 12.2 Å². The molecular weight excluding hydrogens is 493 g/mol. The average molecular weight is 525 g/mol. The lowest BCUT2D eigenvalue weighted by Gasteiger charge is -2.48. The summed E-state index contributed by atoms with van der Waals surface area (Å²) in [7, 11) is 0. The number of amides is 1. The number of carbonyl (C=O) groups excluding carboxylic acids is 1. The van der Waals surface area contributed by atoms with Crippen molar-refractivity contribution in [2.45, 2.75) is 64.2 Å². The molecule has 0 bridgehead atoms. The molecule has 0 spiro atoms. The van der Waals surface area contributed by atoms with E-state index in [1.54, 1.807) is 4.90 Å². The van der Waals surface area contributed by atoms with Crippen molar-refractivity contribution in [3.05, 3.63) is 52.6 Å². The van der Waals surface area contributed by atoms with Gasteiger partial charge in [-0.25, -0.2) is 9.97 Å². The normalized spacial score (nSPS) is 20.8. The van der Waals surface area contributed by atoms with E-state index in [-0.39, 0.29) is 23.6 Å². The van der Waals surface area contributed by atoms with Crippen molar-refractivity contribution < 1.29 is 22.7 Å². The minimum atomic E-state index is -4.63. The molecule has 2 aromatic rings. The van der Waals surface area contributed by atoms with Crippen LogP contribution in [0.15, 0.2) is 24.5 Å². The molecule has 2 aliphatic heterocycles. The van der Waals surface area contributed by atoms with E-state index in [1.165, 1.54) is 11.1 Å². The second-order valence-electron chi connectivity index (χ2n) is 9.53. The van der Waals surface area contributed by atoms with Gasteiger partial charge >= 0.3 is 6.18 Å². The van der Waals surface area contributed by atoms with Crippen LogP contribution in [0.5, 0.6) is 5.75 Å².